The number of aliphatic hydroxyl groups excluding tert-OH is 1. The summed E-state index contributed by atoms with van der Waals surface area (Å²) >= 11 is 0. The fourth-order valence-corrected chi connectivity index (χ4v) is 1.94. The van der Waals surface area contributed by atoms with Gasteiger partial charge in [-0.2, -0.15) is 0 Å². The van der Waals surface area contributed by atoms with Crippen molar-refractivity contribution in [3.8, 4) is 5.75 Å². The lowest BCUT2D eigenvalue weighted by atomic mass is 9.97. The summed E-state index contributed by atoms with van der Waals surface area (Å²) < 4.78 is 0. The number of aromatic hydroxyl groups is 1. The van der Waals surface area contributed by atoms with E-state index in [9.17, 15) is 10.2 Å². The normalized spacial score (nSPS) is 12.9. The largest absolute Gasteiger partial charge is 0.508 e. The summed E-state index contributed by atoms with van der Waals surface area (Å²) in [7, 11) is 0. The van der Waals surface area contributed by atoms with Crippen LogP contribution in [-0.2, 0) is 0 Å². The third-order valence-corrected chi connectivity index (χ3v) is 2.72. The smallest absolute Gasteiger partial charge is 0.122 e. The van der Waals surface area contributed by atoms with Crippen LogP contribution in [0.2, 0.25) is 0 Å². The highest BCUT2D eigenvalue weighted by Gasteiger charge is 2.14. The Morgan fingerprint density at radius 3 is 2.62 bits per heavy atom. The van der Waals surface area contributed by atoms with E-state index in [1.54, 1.807) is 6.07 Å². The van der Waals surface area contributed by atoms with E-state index in [2.05, 4.69) is 0 Å². The summed E-state index contributed by atoms with van der Waals surface area (Å²) in [6, 6.07) is 11.1. The van der Waals surface area contributed by atoms with Gasteiger partial charge < -0.3 is 15.9 Å². The molecule has 0 radical (unpaired) electrons. The lowest BCUT2D eigenvalue weighted by Gasteiger charge is -2.14. The molecule has 0 aliphatic rings. The molecule has 2 aromatic carbocycles. The lowest BCUT2D eigenvalue weighted by molar-refractivity contribution is 0.168. The number of hydrogen-bond acceptors (Lipinski definition) is 3. The number of phenols is 1. The molecule has 0 fully saturated rings. The van der Waals surface area contributed by atoms with Gasteiger partial charge in [-0.1, -0.05) is 30.3 Å². The van der Waals surface area contributed by atoms with E-state index in [1.807, 2.05) is 30.3 Å². The van der Waals surface area contributed by atoms with Crippen molar-refractivity contribution in [2.75, 3.05) is 6.54 Å². The number of hydrogen-bond donors (Lipinski definition) is 3. The van der Waals surface area contributed by atoms with Gasteiger partial charge in [0, 0.05) is 5.56 Å². The topological polar surface area (TPSA) is 66.5 Å². The molecule has 3 heteroatoms. The zero-order valence-electron chi connectivity index (χ0n) is 8.93. The molecule has 2 aromatic rings. The molecule has 0 spiro atoms. The van der Waals surface area contributed by atoms with Gasteiger partial charge in [0.25, 0.3) is 0 Å². The second kappa shape index (κ2) is 4.51. The maximum Gasteiger partial charge on any atom is 0.122 e. The highest BCUT2D eigenvalue weighted by Crippen LogP contribution is 2.33. The van der Waals surface area contributed by atoms with Crippen LogP contribution in [0.25, 0.3) is 10.8 Å². The highest BCUT2D eigenvalue weighted by molar-refractivity contribution is 5.88. The first-order chi connectivity index (χ1) is 7.74. The average Bonchev–Trinajstić information content (AvgIpc) is 2.29. The molecule has 0 unspecified atom stereocenters. The summed E-state index contributed by atoms with van der Waals surface area (Å²) in [4.78, 5) is 0. The first kappa shape index (κ1) is 10.9. The minimum atomic E-state index is -0.712. The van der Waals surface area contributed by atoms with Gasteiger partial charge in [0.1, 0.15) is 5.75 Å². The van der Waals surface area contributed by atoms with Crippen LogP contribution in [0.4, 0.5) is 0 Å². The molecule has 1 atom stereocenters. The molecule has 4 N–H and O–H groups in total. The maximum absolute atomic E-state index is 9.96. The maximum atomic E-state index is 9.96. The van der Waals surface area contributed by atoms with Crippen LogP contribution in [0, 0.1) is 0 Å². The Morgan fingerprint density at radius 2 is 1.88 bits per heavy atom. The van der Waals surface area contributed by atoms with Gasteiger partial charge in [0.05, 0.1) is 6.10 Å². The van der Waals surface area contributed by atoms with Crippen molar-refractivity contribution >= 4 is 10.8 Å². The Morgan fingerprint density at radius 1 is 1.12 bits per heavy atom. The van der Waals surface area contributed by atoms with Gasteiger partial charge in [0.15, 0.2) is 0 Å². The van der Waals surface area contributed by atoms with Gasteiger partial charge >= 0.3 is 0 Å². The third kappa shape index (κ3) is 1.87. The standard InChI is InChI=1S/C13H15NO2/c14-8-7-12(16)13-10-4-2-1-3-9(10)5-6-11(13)15/h1-6,12,15-16H,7-8,14H2/t12-/m1/s1. The van der Waals surface area contributed by atoms with Crippen molar-refractivity contribution in [2.24, 2.45) is 5.73 Å². The highest BCUT2D eigenvalue weighted by atomic mass is 16.3. The van der Waals surface area contributed by atoms with Crippen LogP contribution in [-0.4, -0.2) is 16.8 Å². The van der Waals surface area contributed by atoms with Crippen LogP contribution in [0.1, 0.15) is 18.1 Å². The Hall–Kier alpha value is -1.58. The molecule has 16 heavy (non-hydrogen) atoms. The summed E-state index contributed by atoms with van der Waals surface area (Å²) in [5.41, 5.74) is 5.99. The molecule has 3 nitrogen and oxygen atoms in total. The van der Waals surface area contributed by atoms with Crippen LogP contribution in [0.15, 0.2) is 36.4 Å². The average molecular weight is 217 g/mol. The quantitative estimate of drug-likeness (QED) is 0.736. The fraction of sp³-hybridized carbons (Fsp3) is 0.231. The molecule has 0 aromatic heterocycles. The molecular weight excluding hydrogens is 202 g/mol. The summed E-state index contributed by atoms with van der Waals surface area (Å²) in [5.74, 6) is 0.125. The zero-order valence-corrected chi connectivity index (χ0v) is 8.93. The fourth-order valence-electron chi connectivity index (χ4n) is 1.94. The van der Waals surface area contributed by atoms with Gasteiger partial charge in [-0.05, 0) is 29.8 Å². The molecule has 0 aliphatic heterocycles. The van der Waals surface area contributed by atoms with Gasteiger partial charge in [-0.15, -0.1) is 0 Å². The lowest BCUT2D eigenvalue weighted by Crippen LogP contribution is -2.07. The summed E-state index contributed by atoms with van der Waals surface area (Å²) in [5, 5.41) is 21.6. The van der Waals surface area contributed by atoms with E-state index < -0.39 is 6.10 Å². The molecule has 0 saturated heterocycles. The van der Waals surface area contributed by atoms with E-state index in [0.717, 1.165) is 10.8 Å². The predicted molar refractivity (Wildman–Crippen MR) is 64.2 cm³/mol. The van der Waals surface area contributed by atoms with Crippen molar-refractivity contribution in [3.05, 3.63) is 42.0 Å². The number of rotatable bonds is 3. The SMILES string of the molecule is NCC[C@@H](O)c1c(O)ccc2ccccc12. The predicted octanol–water partition coefficient (Wildman–Crippen LogP) is 1.93. The Bertz CT molecular complexity index is 496. The minimum absolute atomic E-state index is 0.125. The second-order valence-electron chi connectivity index (χ2n) is 3.81. The first-order valence-corrected chi connectivity index (χ1v) is 5.33. The number of aliphatic hydroxyl groups is 1. The van der Waals surface area contributed by atoms with E-state index in [4.69, 9.17) is 5.73 Å². The summed E-state index contributed by atoms with van der Waals surface area (Å²) in [6.45, 7) is 0.393. The van der Waals surface area contributed by atoms with E-state index in [-0.39, 0.29) is 5.75 Å². The Balaban J connectivity index is 2.61. The third-order valence-electron chi connectivity index (χ3n) is 2.72. The van der Waals surface area contributed by atoms with Crippen LogP contribution in [0.3, 0.4) is 0 Å². The van der Waals surface area contributed by atoms with Crippen molar-refractivity contribution < 1.29 is 10.2 Å². The second-order valence-corrected chi connectivity index (χ2v) is 3.81. The molecule has 2 rings (SSSR count). The van der Waals surface area contributed by atoms with Gasteiger partial charge in [-0.25, -0.2) is 0 Å². The monoisotopic (exact) mass is 217 g/mol. The van der Waals surface area contributed by atoms with Crippen molar-refractivity contribution in [1.29, 1.82) is 0 Å². The van der Waals surface area contributed by atoms with Gasteiger partial charge in [0.2, 0.25) is 0 Å². The number of phenolic OH excluding ortho intramolecular Hbond substituents is 1. The number of benzene rings is 2. The van der Waals surface area contributed by atoms with Gasteiger partial charge in [-0.3, -0.25) is 0 Å². The van der Waals surface area contributed by atoms with Crippen LogP contribution < -0.4 is 5.73 Å². The van der Waals surface area contributed by atoms with E-state index >= 15 is 0 Å². The minimum Gasteiger partial charge on any atom is -0.508 e. The van der Waals surface area contributed by atoms with Crippen LogP contribution >= 0.6 is 0 Å². The molecule has 84 valence electrons. The van der Waals surface area contributed by atoms with E-state index in [0.29, 0.717) is 18.5 Å². The van der Waals surface area contributed by atoms with Crippen LogP contribution in [0.5, 0.6) is 5.75 Å². The summed E-state index contributed by atoms with van der Waals surface area (Å²) in [6.07, 6.45) is -0.266. The van der Waals surface area contributed by atoms with Crippen molar-refractivity contribution in [2.45, 2.75) is 12.5 Å². The van der Waals surface area contributed by atoms with Crippen molar-refractivity contribution in [1.82, 2.24) is 0 Å². The van der Waals surface area contributed by atoms with Crippen molar-refractivity contribution in [3.63, 3.8) is 0 Å². The molecule has 0 aliphatic carbocycles. The first-order valence-electron chi connectivity index (χ1n) is 5.33. The Kier molecular flexibility index (Phi) is 3.08. The number of nitrogens with two attached hydrogens (primary N) is 1. The molecular formula is C13H15NO2. The van der Waals surface area contributed by atoms with E-state index in [1.165, 1.54) is 0 Å². The molecule has 0 heterocycles. The molecule has 0 amide bonds. The zero-order chi connectivity index (χ0) is 11.5. The number of fused-ring (bicyclic) bond motifs is 1. The molecule has 0 saturated carbocycles. The Labute approximate surface area is 94.1 Å². The molecule has 0 bridgehead atoms.